The first-order valence-corrected chi connectivity index (χ1v) is 11.8. The Morgan fingerprint density at radius 3 is 2.47 bits per heavy atom. The lowest BCUT2D eigenvalue weighted by atomic mass is 9.93. The predicted octanol–water partition coefficient (Wildman–Crippen LogP) is 4.86. The van der Waals surface area contributed by atoms with Gasteiger partial charge in [-0.3, -0.25) is 9.59 Å². The molecule has 180 valence electrons. The first-order valence-electron chi connectivity index (χ1n) is 11.8. The van der Waals surface area contributed by atoms with Crippen LogP contribution in [0.15, 0.2) is 48.0 Å². The van der Waals surface area contributed by atoms with Gasteiger partial charge < -0.3 is 24.2 Å². The Kier molecular flexibility index (Phi) is 7.10. The van der Waals surface area contributed by atoms with Crippen molar-refractivity contribution in [3.05, 3.63) is 59.2 Å². The Balaban J connectivity index is 1.90. The fraction of sp³-hybridized carbons (Fsp3) is 0.407. The summed E-state index contributed by atoms with van der Waals surface area (Å²) >= 11 is 0. The van der Waals surface area contributed by atoms with Gasteiger partial charge in [-0.15, -0.1) is 0 Å². The lowest BCUT2D eigenvalue weighted by molar-refractivity contribution is -0.141. The molecule has 0 radical (unpaired) electrons. The molecule has 0 bridgehead atoms. The first-order chi connectivity index (χ1) is 16.5. The molecule has 1 saturated carbocycles. The molecule has 0 spiro atoms. The fourth-order valence-electron chi connectivity index (χ4n) is 4.95. The number of ether oxygens (including phenoxy) is 3. The zero-order valence-electron chi connectivity index (χ0n) is 19.9. The van der Waals surface area contributed by atoms with Crippen molar-refractivity contribution in [2.24, 2.45) is 0 Å². The summed E-state index contributed by atoms with van der Waals surface area (Å²) in [4.78, 5) is 28.3. The average Bonchev–Trinajstić information content (AvgIpc) is 3.48. The summed E-state index contributed by atoms with van der Waals surface area (Å²) in [5.74, 6) is 0.000707. The van der Waals surface area contributed by atoms with Gasteiger partial charge in [0.15, 0.2) is 11.5 Å². The van der Waals surface area contributed by atoms with Crippen LogP contribution in [0.2, 0.25) is 0 Å². The molecule has 34 heavy (non-hydrogen) atoms. The van der Waals surface area contributed by atoms with Gasteiger partial charge in [-0.25, -0.2) is 0 Å². The molecule has 2 fully saturated rings. The Morgan fingerprint density at radius 2 is 1.79 bits per heavy atom. The summed E-state index contributed by atoms with van der Waals surface area (Å²) in [6, 6.07) is 11.5. The Morgan fingerprint density at radius 1 is 1.06 bits per heavy atom. The Hall–Kier alpha value is -3.48. The maximum Gasteiger partial charge on any atom is 0.295 e. The third-order valence-electron chi connectivity index (χ3n) is 6.51. The van der Waals surface area contributed by atoms with E-state index >= 15 is 0 Å². The van der Waals surface area contributed by atoms with Gasteiger partial charge in [0.1, 0.15) is 11.5 Å². The molecule has 1 amide bonds. The van der Waals surface area contributed by atoms with Crippen LogP contribution >= 0.6 is 0 Å². The van der Waals surface area contributed by atoms with Gasteiger partial charge in [0.05, 0.1) is 32.4 Å². The summed E-state index contributed by atoms with van der Waals surface area (Å²) in [5, 5.41) is 11.4. The number of carbonyl (C=O) groups excluding carboxylic acids is 2. The number of rotatable bonds is 8. The molecular weight excluding hydrogens is 434 g/mol. The number of benzene rings is 2. The molecule has 7 nitrogen and oxygen atoms in total. The van der Waals surface area contributed by atoms with Crippen molar-refractivity contribution >= 4 is 17.4 Å². The van der Waals surface area contributed by atoms with E-state index in [1.54, 1.807) is 41.3 Å². The smallest absolute Gasteiger partial charge is 0.295 e. The second-order valence-electron chi connectivity index (χ2n) is 8.60. The van der Waals surface area contributed by atoms with Crippen molar-refractivity contribution in [1.82, 2.24) is 4.90 Å². The largest absolute Gasteiger partial charge is 0.507 e. The molecule has 1 N–H and O–H groups in total. The minimum atomic E-state index is -0.784. The molecule has 1 aliphatic carbocycles. The van der Waals surface area contributed by atoms with Crippen LogP contribution in [-0.4, -0.2) is 48.6 Å². The van der Waals surface area contributed by atoms with Gasteiger partial charge in [-0.05, 0) is 37.5 Å². The topological polar surface area (TPSA) is 85.3 Å². The zero-order chi connectivity index (χ0) is 24.2. The standard InChI is InChI=1S/C27H31NO6/c1-4-15-34-19-12-7-9-17(16-19)24(29)22-23(20-13-8-14-21(32-2)26(20)33-3)28(27(31)25(22)30)18-10-5-6-11-18/h7-9,12-14,16,18,23,29H,4-6,10-11,15H2,1-3H3/b24-22-. The third-order valence-corrected chi connectivity index (χ3v) is 6.51. The second-order valence-corrected chi connectivity index (χ2v) is 8.60. The molecule has 7 heteroatoms. The molecule has 2 aromatic carbocycles. The number of amides is 1. The molecule has 2 aliphatic rings. The van der Waals surface area contributed by atoms with Crippen LogP contribution in [0.3, 0.4) is 0 Å². The normalized spacial score (nSPS) is 20.1. The quantitative estimate of drug-likeness (QED) is 0.341. The lowest BCUT2D eigenvalue weighted by Crippen LogP contribution is -2.37. The highest BCUT2D eigenvalue weighted by molar-refractivity contribution is 6.46. The van der Waals surface area contributed by atoms with Gasteiger partial charge in [0.25, 0.3) is 11.7 Å². The van der Waals surface area contributed by atoms with Crippen molar-refractivity contribution in [3.8, 4) is 17.2 Å². The number of Topliss-reactive ketones (excluding diaryl/α,β-unsaturated/α-hetero) is 1. The van der Waals surface area contributed by atoms with Crippen LogP contribution in [0.5, 0.6) is 17.2 Å². The molecule has 1 unspecified atom stereocenters. The van der Waals surface area contributed by atoms with E-state index in [9.17, 15) is 14.7 Å². The monoisotopic (exact) mass is 465 g/mol. The van der Waals surface area contributed by atoms with Gasteiger partial charge in [-0.1, -0.05) is 44.0 Å². The van der Waals surface area contributed by atoms with Gasteiger partial charge in [0, 0.05) is 17.2 Å². The number of carbonyl (C=O) groups is 2. The molecule has 2 aromatic rings. The number of hydrogen-bond donors (Lipinski definition) is 1. The summed E-state index contributed by atoms with van der Waals surface area (Å²) in [5.41, 5.74) is 1.08. The number of aliphatic hydroxyl groups is 1. The van der Waals surface area contributed by atoms with Crippen LogP contribution in [0.1, 0.15) is 56.2 Å². The van der Waals surface area contributed by atoms with E-state index in [-0.39, 0.29) is 17.4 Å². The van der Waals surface area contributed by atoms with E-state index in [0.717, 1.165) is 32.1 Å². The van der Waals surface area contributed by atoms with E-state index in [4.69, 9.17) is 14.2 Å². The highest BCUT2D eigenvalue weighted by Gasteiger charge is 2.50. The lowest BCUT2D eigenvalue weighted by Gasteiger charge is -2.31. The molecule has 1 heterocycles. The number of para-hydroxylation sites is 1. The van der Waals surface area contributed by atoms with E-state index in [2.05, 4.69) is 0 Å². The van der Waals surface area contributed by atoms with Crippen LogP contribution in [0.4, 0.5) is 0 Å². The van der Waals surface area contributed by atoms with Crippen molar-refractivity contribution in [2.75, 3.05) is 20.8 Å². The second kappa shape index (κ2) is 10.2. The molecular formula is C27H31NO6. The van der Waals surface area contributed by atoms with E-state index < -0.39 is 17.7 Å². The zero-order valence-corrected chi connectivity index (χ0v) is 19.9. The van der Waals surface area contributed by atoms with Crippen molar-refractivity contribution in [3.63, 3.8) is 0 Å². The first kappa shape index (κ1) is 23.7. The van der Waals surface area contributed by atoms with Crippen molar-refractivity contribution in [2.45, 2.75) is 51.1 Å². The molecule has 4 rings (SSSR count). The van der Waals surface area contributed by atoms with Gasteiger partial charge in [0.2, 0.25) is 0 Å². The fourth-order valence-corrected chi connectivity index (χ4v) is 4.95. The number of methoxy groups -OCH3 is 2. The summed E-state index contributed by atoms with van der Waals surface area (Å²) in [6.07, 6.45) is 4.46. The summed E-state index contributed by atoms with van der Waals surface area (Å²) < 4.78 is 16.8. The number of nitrogens with zero attached hydrogens (tertiary/aromatic N) is 1. The minimum absolute atomic E-state index is 0.0519. The third kappa shape index (κ3) is 4.22. The maximum absolute atomic E-state index is 13.4. The van der Waals surface area contributed by atoms with Crippen LogP contribution in [-0.2, 0) is 9.59 Å². The number of aliphatic hydroxyl groups excluding tert-OH is 1. The summed E-state index contributed by atoms with van der Waals surface area (Å²) in [6.45, 7) is 2.55. The molecule has 1 atom stereocenters. The number of likely N-dealkylation sites (tertiary alicyclic amines) is 1. The van der Waals surface area contributed by atoms with Gasteiger partial charge >= 0.3 is 0 Å². The maximum atomic E-state index is 13.4. The minimum Gasteiger partial charge on any atom is -0.507 e. The molecule has 0 aromatic heterocycles. The van der Waals surface area contributed by atoms with Crippen LogP contribution in [0.25, 0.3) is 5.76 Å². The predicted molar refractivity (Wildman–Crippen MR) is 128 cm³/mol. The Labute approximate surface area is 199 Å². The van der Waals surface area contributed by atoms with Crippen LogP contribution in [0, 0.1) is 0 Å². The summed E-state index contributed by atoms with van der Waals surface area (Å²) in [7, 11) is 3.06. The van der Waals surface area contributed by atoms with Gasteiger partial charge in [-0.2, -0.15) is 0 Å². The van der Waals surface area contributed by atoms with Crippen molar-refractivity contribution < 1.29 is 28.9 Å². The van der Waals surface area contributed by atoms with E-state index in [1.807, 2.05) is 13.0 Å². The molecule has 1 aliphatic heterocycles. The van der Waals surface area contributed by atoms with E-state index in [0.29, 0.717) is 35.0 Å². The number of hydrogen-bond acceptors (Lipinski definition) is 6. The SMILES string of the molecule is CCCOc1cccc(/C(O)=C2/C(=O)C(=O)N(C3CCCC3)C2c2cccc(OC)c2OC)c1. The molecule has 1 saturated heterocycles. The van der Waals surface area contributed by atoms with E-state index in [1.165, 1.54) is 14.2 Å². The van der Waals surface area contributed by atoms with Crippen molar-refractivity contribution in [1.29, 1.82) is 0 Å². The Bertz CT molecular complexity index is 1100. The van der Waals surface area contributed by atoms with Crippen LogP contribution < -0.4 is 14.2 Å². The number of ketones is 1. The highest BCUT2D eigenvalue weighted by atomic mass is 16.5. The highest BCUT2D eigenvalue weighted by Crippen LogP contribution is 2.48. The average molecular weight is 466 g/mol.